The Bertz CT molecular complexity index is 338. The van der Waals surface area contributed by atoms with E-state index in [0.717, 1.165) is 0 Å². The molecule has 0 saturated carbocycles. The molecule has 1 aromatic rings. The van der Waals surface area contributed by atoms with E-state index in [-0.39, 0.29) is 5.78 Å². The van der Waals surface area contributed by atoms with Crippen LogP contribution in [0.5, 0.6) is 0 Å². The van der Waals surface area contributed by atoms with Crippen molar-refractivity contribution in [3.05, 3.63) is 28.8 Å². The van der Waals surface area contributed by atoms with Crippen LogP contribution in [0.15, 0.2) is 23.1 Å². The highest BCUT2D eigenvalue weighted by Gasteiger charge is 2.13. The molecule has 0 saturated heterocycles. The Morgan fingerprint density at radius 1 is 1.54 bits per heavy atom. The van der Waals surface area contributed by atoms with Crippen LogP contribution in [-0.4, -0.2) is 5.78 Å². The first-order valence-corrected chi connectivity index (χ1v) is 4.91. The average molecular weight is 235 g/mol. The third-order valence-electron chi connectivity index (χ3n) is 1.62. The number of halogens is 2. The van der Waals surface area contributed by atoms with Gasteiger partial charge in [-0.2, -0.15) is 0 Å². The van der Waals surface area contributed by atoms with Crippen molar-refractivity contribution in [2.45, 2.75) is 17.2 Å². The largest absolute Gasteiger partial charge is 0.298 e. The van der Waals surface area contributed by atoms with Gasteiger partial charge in [0.15, 0.2) is 5.78 Å². The second-order valence-corrected chi connectivity index (χ2v) is 4.01. The Morgan fingerprint density at radius 2 is 2.15 bits per heavy atom. The minimum atomic E-state index is -0.619. The van der Waals surface area contributed by atoms with Crippen molar-refractivity contribution in [2.24, 2.45) is 0 Å². The molecule has 0 bridgehead atoms. The van der Waals surface area contributed by atoms with E-state index in [0.29, 0.717) is 15.5 Å². The number of benzene rings is 1. The molecule has 0 fully saturated rings. The van der Waals surface area contributed by atoms with Crippen molar-refractivity contribution in [1.82, 2.24) is 0 Å². The summed E-state index contributed by atoms with van der Waals surface area (Å²) >= 11 is 15.8. The topological polar surface area (TPSA) is 17.1 Å². The van der Waals surface area contributed by atoms with Gasteiger partial charge in [-0.25, -0.2) is 0 Å². The summed E-state index contributed by atoms with van der Waals surface area (Å²) in [4.78, 5) is 11.6. The summed E-state index contributed by atoms with van der Waals surface area (Å²) in [7, 11) is 0. The standard InChI is InChI=1S/C9H8Cl2OS/c1-5(12)9(11)6-2-3-8(13)7(10)4-6/h2-4,9,13H,1H3. The van der Waals surface area contributed by atoms with Crippen LogP contribution < -0.4 is 0 Å². The lowest BCUT2D eigenvalue weighted by atomic mass is 10.1. The quantitative estimate of drug-likeness (QED) is 0.613. The first-order chi connectivity index (χ1) is 6.02. The molecule has 1 aromatic carbocycles. The number of Topliss-reactive ketones (excluding diaryl/α,β-unsaturated/α-hetero) is 1. The monoisotopic (exact) mass is 234 g/mol. The zero-order valence-corrected chi connectivity index (χ0v) is 9.33. The van der Waals surface area contributed by atoms with E-state index in [2.05, 4.69) is 12.6 Å². The highest BCUT2D eigenvalue weighted by molar-refractivity contribution is 7.80. The molecule has 0 radical (unpaired) electrons. The van der Waals surface area contributed by atoms with Crippen LogP contribution in [0.3, 0.4) is 0 Å². The van der Waals surface area contributed by atoms with Gasteiger partial charge in [0.05, 0.1) is 5.02 Å². The molecule has 1 atom stereocenters. The fourth-order valence-electron chi connectivity index (χ4n) is 0.916. The van der Waals surface area contributed by atoms with E-state index in [9.17, 15) is 4.79 Å². The number of rotatable bonds is 2. The molecule has 0 aliphatic rings. The third kappa shape index (κ3) is 2.63. The van der Waals surface area contributed by atoms with Gasteiger partial charge in [0.1, 0.15) is 5.38 Å². The summed E-state index contributed by atoms with van der Waals surface area (Å²) in [5.74, 6) is -0.0929. The Hall–Kier alpha value is -0.180. The van der Waals surface area contributed by atoms with Gasteiger partial charge in [-0.1, -0.05) is 17.7 Å². The number of alkyl halides is 1. The van der Waals surface area contributed by atoms with Crippen molar-refractivity contribution < 1.29 is 4.79 Å². The molecule has 0 spiro atoms. The van der Waals surface area contributed by atoms with Crippen LogP contribution in [0.2, 0.25) is 5.02 Å². The van der Waals surface area contributed by atoms with Gasteiger partial charge < -0.3 is 0 Å². The molecule has 1 unspecified atom stereocenters. The van der Waals surface area contributed by atoms with Crippen molar-refractivity contribution in [2.75, 3.05) is 0 Å². The van der Waals surface area contributed by atoms with Gasteiger partial charge in [-0.05, 0) is 24.6 Å². The van der Waals surface area contributed by atoms with Crippen LogP contribution >= 0.6 is 35.8 Å². The van der Waals surface area contributed by atoms with Crippen LogP contribution in [0, 0.1) is 0 Å². The molecule has 0 aromatic heterocycles. The smallest absolute Gasteiger partial charge is 0.152 e. The summed E-state index contributed by atoms with van der Waals surface area (Å²) < 4.78 is 0. The maximum absolute atomic E-state index is 10.9. The fraction of sp³-hybridized carbons (Fsp3) is 0.222. The summed E-state index contributed by atoms with van der Waals surface area (Å²) in [6.07, 6.45) is 0. The van der Waals surface area contributed by atoms with Gasteiger partial charge >= 0.3 is 0 Å². The Labute approximate surface area is 92.4 Å². The van der Waals surface area contributed by atoms with Gasteiger partial charge in [0.2, 0.25) is 0 Å². The van der Waals surface area contributed by atoms with Gasteiger partial charge in [-0.15, -0.1) is 24.2 Å². The zero-order chi connectivity index (χ0) is 10.0. The number of ketones is 1. The van der Waals surface area contributed by atoms with E-state index >= 15 is 0 Å². The summed E-state index contributed by atoms with van der Waals surface area (Å²) in [5, 5.41) is -0.112. The molecular weight excluding hydrogens is 227 g/mol. The normalized spacial score (nSPS) is 12.6. The Kier molecular flexibility index (Phi) is 3.65. The summed E-state index contributed by atoms with van der Waals surface area (Å²) in [5.41, 5.74) is 0.706. The lowest BCUT2D eigenvalue weighted by Gasteiger charge is -2.06. The predicted octanol–water partition coefficient (Wildman–Crippen LogP) is 3.50. The maximum Gasteiger partial charge on any atom is 0.152 e. The minimum Gasteiger partial charge on any atom is -0.298 e. The number of hydrogen-bond donors (Lipinski definition) is 1. The summed E-state index contributed by atoms with van der Waals surface area (Å²) in [6, 6.07) is 5.12. The number of hydrogen-bond acceptors (Lipinski definition) is 2. The highest BCUT2D eigenvalue weighted by Crippen LogP contribution is 2.27. The molecule has 0 aliphatic heterocycles. The molecule has 1 rings (SSSR count). The average Bonchev–Trinajstić information content (AvgIpc) is 2.08. The van der Waals surface area contributed by atoms with E-state index in [1.165, 1.54) is 6.92 Å². The molecule has 70 valence electrons. The lowest BCUT2D eigenvalue weighted by molar-refractivity contribution is -0.116. The van der Waals surface area contributed by atoms with E-state index in [4.69, 9.17) is 23.2 Å². The number of carbonyl (C=O) groups is 1. The first-order valence-electron chi connectivity index (χ1n) is 3.65. The fourth-order valence-corrected chi connectivity index (χ4v) is 1.38. The molecule has 13 heavy (non-hydrogen) atoms. The Morgan fingerprint density at radius 3 is 2.62 bits per heavy atom. The van der Waals surface area contributed by atoms with Crippen LogP contribution in [0.25, 0.3) is 0 Å². The van der Waals surface area contributed by atoms with Crippen LogP contribution in [0.4, 0.5) is 0 Å². The van der Waals surface area contributed by atoms with Gasteiger partial charge in [0, 0.05) is 4.90 Å². The van der Waals surface area contributed by atoms with Crippen molar-refractivity contribution in [3.63, 3.8) is 0 Å². The number of carbonyl (C=O) groups excluding carboxylic acids is 1. The van der Waals surface area contributed by atoms with Gasteiger partial charge in [0.25, 0.3) is 0 Å². The third-order valence-corrected chi connectivity index (χ3v) is 3.02. The highest BCUT2D eigenvalue weighted by atomic mass is 35.5. The van der Waals surface area contributed by atoms with E-state index in [1.54, 1.807) is 18.2 Å². The van der Waals surface area contributed by atoms with E-state index < -0.39 is 5.38 Å². The molecule has 1 nitrogen and oxygen atoms in total. The summed E-state index contributed by atoms with van der Waals surface area (Å²) in [6.45, 7) is 1.44. The SMILES string of the molecule is CC(=O)C(Cl)c1ccc(S)c(Cl)c1. The molecule has 0 heterocycles. The lowest BCUT2D eigenvalue weighted by Crippen LogP contribution is -2.01. The predicted molar refractivity (Wildman–Crippen MR) is 58.0 cm³/mol. The second-order valence-electron chi connectivity index (χ2n) is 2.68. The van der Waals surface area contributed by atoms with Crippen molar-refractivity contribution in [3.8, 4) is 0 Å². The van der Waals surface area contributed by atoms with Crippen LogP contribution in [0.1, 0.15) is 17.9 Å². The van der Waals surface area contributed by atoms with Gasteiger partial charge in [-0.3, -0.25) is 4.79 Å². The minimum absolute atomic E-state index is 0.0929. The van der Waals surface area contributed by atoms with Crippen molar-refractivity contribution in [1.29, 1.82) is 0 Å². The molecule has 0 amide bonds. The van der Waals surface area contributed by atoms with E-state index in [1.807, 2.05) is 0 Å². The molecule has 4 heteroatoms. The van der Waals surface area contributed by atoms with Crippen LogP contribution in [-0.2, 0) is 4.79 Å². The Balaban J connectivity index is 3.03. The van der Waals surface area contributed by atoms with Crippen molar-refractivity contribution >= 4 is 41.6 Å². The second kappa shape index (κ2) is 4.36. The first kappa shape index (κ1) is 10.9. The molecule has 0 aliphatic carbocycles. The number of thiol groups is 1. The zero-order valence-electron chi connectivity index (χ0n) is 6.92. The molecule has 0 N–H and O–H groups in total. The molecular formula is C9H8Cl2OS. The maximum atomic E-state index is 10.9.